The van der Waals surface area contributed by atoms with E-state index in [1.165, 1.54) is 4.90 Å². The van der Waals surface area contributed by atoms with Crippen molar-refractivity contribution in [2.45, 2.75) is 51.1 Å². The van der Waals surface area contributed by atoms with Crippen LogP contribution in [0.2, 0.25) is 0 Å². The van der Waals surface area contributed by atoms with Gasteiger partial charge in [-0.15, -0.1) is 0 Å². The number of carbonyl (C=O) groups is 1. The second kappa shape index (κ2) is 7.61. The van der Waals surface area contributed by atoms with Crippen LogP contribution >= 0.6 is 0 Å². The van der Waals surface area contributed by atoms with Crippen LogP contribution in [0.25, 0.3) is 0 Å². The van der Waals surface area contributed by atoms with E-state index in [2.05, 4.69) is 15.3 Å². The van der Waals surface area contributed by atoms with Crippen LogP contribution in [0.4, 0.5) is 23.9 Å². The molecule has 28 heavy (non-hydrogen) atoms. The summed E-state index contributed by atoms with van der Waals surface area (Å²) in [4.78, 5) is 21.3. The van der Waals surface area contributed by atoms with Gasteiger partial charge in [0.15, 0.2) is 0 Å². The molecule has 0 radical (unpaired) electrons. The number of nitrogens with zero attached hydrogens (tertiary/aromatic N) is 3. The molecule has 156 valence electrons. The first-order valence-corrected chi connectivity index (χ1v) is 8.94. The summed E-state index contributed by atoms with van der Waals surface area (Å²) in [6.07, 6.45) is -4.22. The van der Waals surface area contributed by atoms with Crippen LogP contribution in [-0.2, 0) is 15.7 Å². The topological polar surface area (TPSA) is 85.8 Å². The number of likely N-dealkylation sites (tertiary alicyclic amines) is 1. The fraction of sp³-hybridized carbons (Fsp3) is 0.706. The number of hydrogen-bond donors (Lipinski definition) is 1. The Balaban J connectivity index is 1.65. The first-order chi connectivity index (χ1) is 13.0. The Bertz CT molecular complexity index is 719. The monoisotopic (exact) mass is 404 g/mol. The Kier molecular flexibility index (Phi) is 5.55. The molecule has 1 amide bonds. The molecule has 3 rings (SSSR count). The fourth-order valence-corrected chi connectivity index (χ4v) is 2.71. The predicted octanol–water partition coefficient (Wildman–Crippen LogP) is 2.69. The highest BCUT2D eigenvalue weighted by Gasteiger charge is 2.38. The standard InChI is InChI=1S/C17H23F3N4O4/c1-16(2,3)28-15(25)24-5-4-10(7-24)22-14-21-6-12(17(18,19)20)13(23-14)27-11-8-26-9-11/h6,10-11H,4-5,7-9H2,1-3H3,(H,21,22,23)/t10-/m1/s1. The first-order valence-electron chi connectivity index (χ1n) is 8.94. The molecule has 1 N–H and O–H groups in total. The Labute approximate surface area is 160 Å². The Morgan fingerprint density at radius 1 is 1.32 bits per heavy atom. The predicted molar refractivity (Wildman–Crippen MR) is 92.1 cm³/mol. The molecule has 0 spiro atoms. The highest BCUT2D eigenvalue weighted by Crippen LogP contribution is 2.36. The third kappa shape index (κ3) is 5.15. The van der Waals surface area contributed by atoms with Gasteiger partial charge in [0.25, 0.3) is 0 Å². The molecule has 2 saturated heterocycles. The summed E-state index contributed by atoms with van der Waals surface area (Å²) in [6, 6.07) is -0.204. The molecule has 2 aliphatic rings. The van der Waals surface area contributed by atoms with Gasteiger partial charge >= 0.3 is 12.3 Å². The number of alkyl halides is 3. The van der Waals surface area contributed by atoms with E-state index >= 15 is 0 Å². The molecule has 0 aromatic carbocycles. The van der Waals surface area contributed by atoms with Gasteiger partial charge < -0.3 is 24.4 Å². The van der Waals surface area contributed by atoms with Gasteiger partial charge in [-0.05, 0) is 27.2 Å². The lowest BCUT2D eigenvalue weighted by molar-refractivity contribution is -0.142. The maximum absolute atomic E-state index is 13.2. The van der Waals surface area contributed by atoms with Gasteiger partial charge in [0, 0.05) is 25.3 Å². The molecule has 2 aliphatic heterocycles. The molecule has 0 saturated carbocycles. The summed E-state index contributed by atoms with van der Waals surface area (Å²) < 4.78 is 55.0. The largest absolute Gasteiger partial charge is 0.469 e. The van der Waals surface area contributed by atoms with Crippen LogP contribution in [0.15, 0.2) is 6.20 Å². The van der Waals surface area contributed by atoms with E-state index in [0.29, 0.717) is 25.7 Å². The number of amides is 1. The summed E-state index contributed by atoms with van der Waals surface area (Å²) >= 11 is 0. The number of rotatable bonds is 4. The maximum atomic E-state index is 13.2. The number of halogens is 3. The van der Waals surface area contributed by atoms with Crippen molar-refractivity contribution >= 4 is 12.0 Å². The Morgan fingerprint density at radius 3 is 2.61 bits per heavy atom. The Morgan fingerprint density at radius 2 is 2.04 bits per heavy atom. The van der Waals surface area contributed by atoms with E-state index < -0.39 is 35.4 Å². The van der Waals surface area contributed by atoms with Gasteiger partial charge in [0.1, 0.15) is 17.3 Å². The zero-order valence-electron chi connectivity index (χ0n) is 15.9. The zero-order chi connectivity index (χ0) is 20.5. The average molecular weight is 404 g/mol. The summed E-state index contributed by atoms with van der Waals surface area (Å²) in [6.45, 7) is 6.58. The van der Waals surface area contributed by atoms with Gasteiger partial charge in [-0.1, -0.05) is 0 Å². The average Bonchev–Trinajstić information content (AvgIpc) is 2.97. The maximum Gasteiger partial charge on any atom is 0.423 e. The van der Waals surface area contributed by atoms with Crippen LogP contribution < -0.4 is 10.1 Å². The molecular formula is C17H23F3N4O4. The molecule has 11 heteroatoms. The fourth-order valence-electron chi connectivity index (χ4n) is 2.71. The number of anilines is 1. The van der Waals surface area contributed by atoms with E-state index in [1.807, 2.05) is 0 Å². The van der Waals surface area contributed by atoms with Gasteiger partial charge in [0.2, 0.25) is 11.8 Å². The van der Waals surface area contributed by atoms with Crippen molar-refractivity contribution in [2.24, 2.45) is 0 Å². The minimum atomic E-state index is -4.63. The summed E-state index contributed by atoms with van der Waals surface area (Å²) in [5.74, 6) is -0.514. The zero-order valence-corrected chi connectivity index (χ0v) is 15.9. The second-order valence-electron chi connectivity index (χ2n) is 7.74. The lowest BCUT2D eigenvalue weighted by Gasteiger charge is -2.27. The van der Waals surface area contributed by atoms with E-state index in [9.17, 15) is 18.0 Å². The normalized spacial score (nSPS) is 20.6. The van der Waals surface area contributed by atoms with Crippen LogP contribution in [0.1, 0.15) is 32.8 Å². The van der Waals surface area contributed by atoms with Crippen molar-refractivity contribution < 1.29 is 32.2 Å². The van der Waals surface area contributed by atoms with Crippen molar-refractivity contribution in [2.75, 3.05) is 31.6 Å². The molecule has 0 bridgehead atoms. The number of hydrogen-bond acceptors (Lipinski definition) is 7. The molecule has 2 fully saturated rings. The molecule has 3 heterocycles. The SMILES string of the molecule is CC(C)(C)OC(=O)N1CC[C@@H](Nc2ncc(C(F)(F)F)c(OC3COC3)n2)C1. The molecule has 1 atom stereocenters. The van der Waals surface area contributed by atoms with Gasteiger partial charge in [0.05, 0.1) is 13.2 Å². The van der Waals surface area contributed by atoms with Crippen molar-refractivity contribution in [1.82, 2.24) is 14.9 Å². The van der Waals surface area contributed by atoms with Crippen LogP contribution in [0.3, 0.4) is 0 Å². The van der Waals surface area contributed by atoms with Gasteiger partial charge in [-0.25, -0.2) is 9.78 Å². The summed E-state index contributed by atoms with van der Waals surface area (Å²) in [5.41, 5.74) is -1.64. The van der Waals surface area contributed by atoms with E-state index in [4.69, 9.17) is 14.2 Å². The molecule has 8 nitrogen and oxygen atoms in total. The van der Waals surface area contributed by atoms with Crippen LogP contribution in [0, 0.1) is 0 Å². The van der Waals surface area contributed by atoms with Crippen molar-refractivity contribution in [3.8, 4) is 5.88 Å². The first kappa shape index (κ1) is 20.4. The van der Waals surface area contributed by atoms with Crippen LogP contribution in [-0.4, -0.2) is 65.0 Å². The highest BCUT2D eigenvalue weighted by atomic mass is 19.4. The minimum absolute atomic E-state index is 0.0132. The van der Waals surface area contributed by atoms with E-state index in [1.54, 1.807) is 20.8 Å². The number of nitrogens with one attached hydrogen (secondary N) is 1. The minimum Gasteiger partial charge on any atom is -0.469 e. The third-order valence-electron chi connectivity index (χ3n) is 4.12. The summed E-state index contributed by atoms with van der Waals surface area (Å²) in [5, 5.41) is 2.97. The van der Waals surface area contributed by atoms with E-state index in [-0.39, 0.29) is 25.2 Å². The summed E-state index contributed by atoms with van der Waals surface area (Å²) in [7, 11) is 0. The second-order valence-corrected chi connectivity index (χ2v) is 7.74. The molecule has 1 aromatic heterocycles. The highest BCUT2D eigenvalue weighted by molar-refractivity contribution is 5.68. The lowest BCUT2D eigenvalue weighted by Crippen LogP contribution is -2.39. The van der Waals surface area contributed by atoms with Crippen molar-refractivity contribution in [3.05, 3.63) is 11.8 Å². The quantitative estimate of drug-likeness (QED) is 0.826. The van der Waals surface area contributed by atoms with Crippen LogP contribution in [0.5, 0.6) is 5.88 Å². The smallest absolute Gasteiger partial charge is 0.423 e. The third-order valence-corrected chi connectivity index (χ3v) is 4.12. The molecule has 1 aromatic rings. The number of carbonyl (C=O) groups excluding carboxylic acids is 1. The van der Waals surface area contributed by atoms with Crippen molar-refractivity contribution in [1.29, 1.82) is 0 Å². The number of ether oxygens (including phenoxy) is 3. The van der Waals surface area contributed by atoms with Gasteiger partial charge in [-0.3, -0.25) is 0 Å². The number of aromatic nitrogens is 2. The Hall–Kier alpha value is -2.30. The molecular weight excluding hydrogens is 381 g/mol. The molecule has 0 unspecified atom stereocenters. The van der Waals surface area contributed by atoms with Crippen molar-refractivity contribution in [3.63, 3.8) is 0 Å². The lowest BCUT2D eigenvalue weighted by atomic mass is 10.2. The molecule has 0 aliphatic carbocycles. The van der Waals surface area contributed by atoms with E-state index in [0.717, 1.165) is 0 Å². The van der Waals surface area contributed by atoms with Gasteiger partial charge in [-0.2, -0.15) is 18.2 Å².